The fraction of sp³-hybridized carbons (Fsp3) is 0. The van der Waals surface area contributed by atoms with E-state index in [1.807, 2.05) is 0 Å². The predicted molar refractivity (Wildman–Crippen MR) is 253 cm³/mol. The number of rotatable bonds is 0. The SMILES string of the molecule is Clc1c(Cl)c(Cl)c(Cl)c(Cl)c1Cl.Clc1c(Cl)c(Cl)c(Cl)c(Cl)c1Cl.c1cc2ccc3cccc4ccc(c1)c2c34.c1cc2ccc3cccc4ccc(c1)c2c34. The summed E-state index contributed by atoms with van der Waals surface area (Å²) in [6, 6.07) is 43.7. The second-order valence-corrected chi connectivity index (χ2v) is 16.9. The standard InChI is InChI=1S/2C16H10.2C6Cl6/c2*1-3-11-7-9-13-5-2-6-14-10-8-12(4-1)15(11)16(13)14;2*7-1-2(8)4(10)6(12)5(11)3(1)9/h2*1-10H;;. The van der Waals surface area contributed by atoms with Crippen LogP contribution in [-0.2, 0) is 0 Å². The number of hydrogen-bond donors (Lipinski definition) is 0. The second kappa shape index (κ2) is 17.5. The van der Waals surface area contributed by atoms with Gasteiger partial charge in [-0.1, -0.05) is 261 Å². The summed E-state index contributed by atoms with van der Waals surface area (Å²) in [6.07, 6.45) is 0. The van der Waals surface area contributed by atoms with Crippen LogP contribution in [0.3, 0.4) is 0 Å². The minimum Gasteiger partial charge on any atom is -0.0810 e. The summed E-state index contributed by atoms with van der Waals surface area (Å²) >= 11 is 68.0. The van der Waals surface area contributed by atoms with Gasteiger partial charge in [0.2, 0.25) is 0 Å². The third-order valence-corrected chi connectivity index (χ3v) is 14.8. The van der Waals surface area contributed by atoms with Gasteiger partial charge in [0.25, 0.3) is 0 Å². The Morgan fingerprint density at radius 1 is 0.161 bits per heavy atom. The van der Waals surface area contributed by atoms with Crippen molar-refractivity contribution in [2.45, 2.75) is 0 Å². The highest BCUT2D eigenvalue weighted by molar-refractivity contribution is 6.60. The van der Waals surface area contributed by atoms with E-state index in [0.29, 0.717) is 0 Å². The van der Waals surface area contributed by atoms with Gasteiger partial charge in [-0.2, -0.15) is 0 Å². The molecule has 0 spiro atoms. The average Bonchev–Trinajstić information content (AvgIpc) is 3.24. The van der Waals surface area contributed by atoms with Crippen LogP contribution in [0, 0.1) is 0 Å². The van der Waals surface area contributed by atoms with Crippen LogP contribution in [-0.4, -0.2) is 0 Å². The summed E-state index contributed by atoms with van der Waals surface area (Å²) in [7, 11) is 0. The van der Waals surface area contributed by atoms with Crippen molar-refractivity contribution < 1.29 is 0 Å². The molecule has 0 aromatic heterocycles. The molecule has 12 heteroatoms. The van der Waals surface area contributed by atoms with Gasteiger partial charge in [-0.3, -0.25) is 0 Å². The molecular weight excluding hydrogens is 954 g/mol. The lowest BCUT2D eigenvalue weighted by atomic mass is 9.95. The van der Waals surface area contributed by atoms with Crippen molar-refractivity contribution in [3.63, 3.8) is 0 Å². The highest BCUT2D eigenvalue weighted by Gasteiger charge is 2.18. The van der Waals surface area contributed by atoms with Gasteiger partial charge in [0.1, 0.15) is 0 Å². The Balaban J connectivity index is 0.000000116. The van der Waals surface area contributed by atoms with Crippen LogP contribution in [0.1, 0.15) is 0 Å². The van der Waals surface area contributed by atoms with Gasteiger partial charge in [-0.15, -0.1) is 0 Å². The van der Waals surface area contributed by atoms with Gasteiger partial charge in [0, 0.05) is 0 Å². The van der Waals surface area contributed by atoms with E-state index in [1.54, 1.807) is 0 Å². The largest absolute Gasteiger partial charge is 0.0810 e. The molecule has 0 N–H and O–H groups in total. The third kappa shape index (κ3) is 7.92. The number of halogens is 12. The van der Waals surface area contributed by atoms with E-state index < -0.39 is 0 Å². The van der Waals surface area contributed by atoms with Crippen molar-refractivity contribution >= 4 is 204 Å². The van der Waals surface area contributed by atoms with Crippen molar-refractivity contribution in [2.75, 3.05) is 0 Å². The first-order chi connectivity index (χ1) is 26.8. The van der Waals surface area contributed by atoms with Crippen LogP contribution >= 0.6 is 139 Å². The molecule has 10 aromatic rings. The van der Waals surface area contributed by atoms with Gasteiger partial charge in [0.15, 0.2) is 0 Å². The molecule has 0 aliphatic heterocycles. The maximum absolute atomic E-state index is 5.67. The molecule has 280 valence electrons. The van der Waals surface area contributed by atoms with Crippen molar-refractivity contribution in [2.24, 2.45) is 0 Å². The Kier molecular flexibility index (Phi) is 13.1. The quantitative estimate of drug-likeness (QED) is 0.0807. The molecule has 0 unspecified atom stereocenters. The molecule has 56 heavy (non-hydrogen) atoms. The molecule has 0 atom stereocenters. The predicted octanol–water partition coefficient (Wildman–Crippen LogP) is 20.4. The Morgan fingerprint density at radius 3 is 0.375 bits per heavy atom. The van der Waals surface area contributed by atoms with Gasteiger partial charge in [-0.05, 0) is 64.6 Å². The lowest BCUT2D eigenvalue weighted by Gasteiger charge is -2.09. The maximum atomic E-state index is 5.67. The van der Waals surface area contributed by atoms with Gasteiger partial charge < -0.3 is 0 Å². The first kappa shape index (κ1) is 41.9. The number of hydrogen-bond acceptors (Lipinski definition) is 0. The van der Waals surface area contributed by atoms with E-state index in [1.165, 1.54) is 64.6 Å². The van der Waals surface area contributed by atoms with Crippen LogP contribution in [0.15, 0.2) is 121 Å². The van der Waals surface area contributed by atoms with Crippen molar-refractivity contribution in [1.29, 1.82) is 0 Å². The minimum atomic E-state index is 0.109. The Hall–Kier alpha value is -2.24. The molecule has 0 bridgehead atoms. The lowest BCUT2D eigenvalue weighted by Crippen LogP contribution is -1.82. The first-order valence-corrected chi connectivity index (χ1v) is 20.9. The molecule has 0 amide bonds. The monoisotopic (exact) mass is 968 g/mol. The number of benzene rings is 10. The van der Waals surface area contributed by atoms with Crippen LogP contribution < -0.4 is 0 Å². The Labute approximate surface area is 381 Å². The van der Waals surface area contributed by atoms with Gasteiger partial charge in [-0.25, -0.2) is 0 Å². The Morgan fingerprint density at radius 2 is 0.268 bits per heavy atom. The summed E-state index contributed by atoms with van der Waals surface area (Å²) in [5.74, 6) is 0. The summed E-state index contributed by atoms with van der Waals surface area (Å²) in [6.45, 7) is 0. The normalized spacial score (nSPS) is 11.2. The van der Waals surface area contributed by atoms with E-state index >= 15 is 0 Å². The van der Waals surface area contributed by atoms with E-state index in [9.17, 15) is 0 Å². The molecular formula is C44H20Cl12. The lowest BCUT2D eigenvalue weighted by molar-refractivity contribution is 1.69. The zero-order chi connectivity index (χ0) is 40.0. The highest BCUT2D eigenvalue weighted by atomic mass is 35.5. The molecule has 0 saturated carbocycles. The molecule has 10 rings (SSSR count). The molecule has 10 aromatic carbocycles. The first-order valence-electron chi connectivity index (χ1n) is 16.4. The van der Waals surface area contributed by atoms with Crippen molar-refractivity contribution in [3.05, 3.63) is 182 Å². The zero-order valence-corrected chi connectivity index (χ0v) is 37.2. The van der Waals surface area contributed by atoms with Crippen LogP contribution in [0.2, 0.25) is 60.3 Å². The molecule has 0 nitrogen and oxygen atoms in total. The fourth-order valence-corrected chi connectivity index (χ4v) is 9.34. The van der Waals surface area contributed by atoms with Gasteiger partial charge in [0.05, 0.1) is 60.3 Å². The summed E-state index contributed by atoms with van der Waals surface area (Å²) in [5, 5.41) is 17.6. The topological polar surface area (TPSA) is 0 Å². The van der Waals surface area contributed by atoms with E-state index in [0.717, 1.165) is 0 Å². The Bertz CT molecular complexity index is 2390. The van der Waals surface area contributed by atoms with Crippen molar-refractivity contribution in [3.8, 4) is 0 Å². The average molecular weight is 974 g/mol. The molecule has 0 radical (unpaired) electrons. The summed E-state index contributed by atoms with van der Waals surface area (Å²) < 4.78 is 0. The van der Waals surface area contributed by atoms with Crippen LogP contribution in [0.4, 0.5) is 0 Å². The smallest absolute Gasteiger partial charge is 0.0810 e. The van der Waals surface area contributed by atoms with E-state index in [-0.39, 0.29) is 60.3 Å². The van der Waals surface area contributed by atoms with Crippen LogP contribution in [0.25, 0.3) is 64.6 Å². The molecule has 0 saturated heterocycles. The maximum Gasteiger partial charge on any atom is 0.0810 e. The van der Waals surface area contributed by atoms with E-state index in [4.69, 9.17) is 139 Å². The van der Waals surface area contributed by atoms with Crippen LogP contribution in [0.5, 0.6) is 0 Å². The van der Waals surface area contributed by atoms with Gasteiger partial charge >= 0.3 is 0 Å². The summed E-state index contributed by atoms with van der Waals surface area (Å²) in [5.41, 5.74) is 0. The van der Waals surface area contributed by atoms with E-state index in [2.05, 4.69) is 121 Å². The third-order valence-electron chi connectivity index (χ3n) is 9.10. The summed E-state index contributed by atoms with van der Waals surface area (Å²) in [4.78, 5) is 0. The molecule has 0 fully saturated rings. The molecule has 0 heterocycles. The highest BCUT2D eigenvalue weighted by Crippen LogP contribution is 2.47. The second-order valence-electron chi connectivity index (χ2n) is 12.3. The van der Waals surface area contributed by atoms with Crippen molar-refractivity contribution in [1.82, 2.24) is 0 Å². The minimum absolute atomic E-state index is 0.109. The zero-order valence-electron chi connectivity index (χ0n) is 28.1. The molecule has 0 aliphatic rings. The fourth-order valence-electron chi connectivity index (χ4n) is 6.50. The molecule has 0 aliphatic carbocycles.